The molecule has 0 aliphatic heterocycles. The lowest BCUT2D eigenvalue weighted by molar-refractivity contribution is -0.145. The number of carboxylic acid groups (broad SMARTS) is 1. The number of hydrogen-bond donors (Lipinski definition) is 1. The summed E-state index contributed by atoms with van der Waals surface area (Å²) in [5, 5.41) is 9.47. The summed E-state index contributed by atoms with van der Waals surface area (Å²) in [6.45, 7) is 6.61. The van der Waals surface area contributed by atoms with Gasteiger partial charge in [0, 0.05) is 0 Å². The average molecular weight is 274 g/mol. The third-order valence-corrected chi connectivity index (χ3v) is 4.86. The number of aryl methyl sites for hydroxylation is 1. The van der Waals surface area contributed by atoms with Crippen LogP contribution in [0.5, 0.6) is 0 Å². The van der Waals surface area contributed by atoms with E-state index in [0.717, 1.165) is 25.7 Å². The van der Waals surface area contributed by atoms with Crippen LogP contribution in [0.1, 0.15) is 44.2 Å². The fraction of sp³-hybridized carbons (Fsp3) is 0.611. The zero-order valence-corrected chi connectivity index (χ0v) is 12.8. The fourth-order valence-electron chi connectivity index (χ4n) is 3.60. The van der Waals surface area contributed by atoms with Gasteiger partial charge in [-0.25, -0.2) is 0 Å². The van der Waals surface area contributed by atoms with Gasteiger partial charge in [-0.15, -0.1) is 0 Å². The number of hydrogen-bond acceptors (Lipinski definition) is 1. The second kappa shape index (κ2) is 6.43. The van der Waals surface area contributed by atoms with Gasteiger partial charge in [-0.1, -0.05) is 43.7 Å². The Bertz CT molecular complexity index is 464. The van der Waals surface area contributed by atoms with Gasteiger partial charge in [0.25, 0.3) is 0 Å². The van der Waals surface area contributed by atoms with Crippen molar-refractivity contribution in [3.05, 3.63) is 35.4 Å². The summed E-state index contributed by atoms with van der Waals surface area (Å²) >= 11 is 0. The molecule has 2 rings (SSSR count). The smallest absolute Gasteiger partial charge is 0.306 e. The van der Waals surface area contributed by atoms with E-state index in [0.29, 0.717) is 11.8 Å². The third kappa shape index (κ3) is 3.62. The topological polar surface area (TPSA) is 37.3 Å². The van der Waals surface area contributed by atoms with Crippen molar-refractivity contribution in [2.45, 2.75) is 46.5 Å². The van der Waals surface area contributed by atoms with Crippen LogP contribution in [0.25, 0.3) is 0 Å². The predicted octanol–water partition coefficient (Wildman–Crippen LogP) is 4.31. The summed E-state index contributed by atoms with van der Waals surface area (Å²) in [6.07, 6.45) is 3.87. The summed E-state index contributed by atoms with van der Waals surface area (Å²) in [7, 11) is 0. The summed E-state index contributed by atoms with van der Waals surface area (Å²) in [6, 6.07) is 8.49. The number of aliphatic carboxylic acids is 1. The van der Waals surface area contributed by atoms with Gasteiger partial charge in [-0.05, 0) is 55.9 Å². The van der Waals surface area contributed by atoms with Crippen LogP contribution in [0, 0.1) is 30.6 Å². The maximum Gasteiger partial charge on any atom is 0.306 e. The summed E-state index contributed by atoms with van der Waals surface area (Å²) < 4.78 is 0. The monoisotopic (exact) mass is 274 g/mol. The molecule has 3 unspecified atom stereocenters. The van der Waals surface area contributed by atoms with Gasteiger partial charge in [0.15, 0.2) is 0 Å². The zero-order valence-electron chi connectivity index (χ0n) is 12.8. The molecule has 20 heavy (non-hydrogen) atoms. The molecule has 3 atom stereocenters. The Morgan fingerprint density at radius 2 is 2.10 bits per heavy atom. The van der Waals surface area contributed by atoms with Crippen molar-refractivity contribution < 1.29 is 9.90 Å². The van der Waals surface area contributed by atoms with Crippen LogP contribution in [0.2, 0.25) is 0 Å². The summed E-state index contributed by atoms with van der Waals surface area (Å²) in [5.41, 5.74) is 2.54. The molecule has 0 bridgehead atoms. The highest BCUT2D eigenvalue weighted by Crippen LogP contribution is 2.39. The Hall–Kier alpha value is -1.31. The minimum atomic E-state index is -0.607. The van der Waals surface area contributed by atoms with Gasteiger partial charge in [-0.2, -0.15) is 0 Å². The lowest BCUT2D eigenvalue weighted by Crippen LogP contribution is -2.33. The van der Waals surface area contributed by atoms with Gasteiger partial charge in [-0.3, -0.25) is 4.79 Å². The first kappa shape index (κ1) is 15.1. The van der Waals surface area contributed by atoms with E-state index in [9.17, 15) is 9.90 Å². The van der Waals surface area contributed by atoms with Crippen molar-refractivity contribution >= 4 is 5.97 Å². The zero-order chi connectivity index (χ0) is 14.7. The van der Waals surface area contributed by atoms with Crippen molar-refractivity contribution in [3.8, 4) is 0 Å². The summed E-state index contributed by atoms with van der Waals surface area (Å²) in [5.74, 6) is 0.857. The van der Waals surface area contributed by atoms with Crippen LogP contribution < -0.4 is 0 Å². The quantitative estimate of drug-likeness (QED) is 0.888. The lowest BCUT2D eigenvalue weighted by Gasteiger charge is -2.36. The van der Waals surface area contributed by atoms with E-state index in [-0.39, 0.29) is 11.8 Å². The molecule has 1 saturated carbocycles. The second-order valence-electron chi connectivity index (χ2n) is 6.72. The van der Waals surface area contributed by atoms with E-state index in [4.69, 9.17) is 0 Å². The van der Waals surface area contributed by atoms with E-state index in [1.807, 2.05) is 0 Å². The molecule has 1 N–H and O–H groups in total. The van der Waals surface area contributed by atoms with Gasteiger partial charge in [0.05, 0.1) is 5.92 Å². The molecule has 0 saturated heterocycles. The third-order valence-electron chi connectivity index (χ3n) is 4.86. The second-order valence-corrected chi connectivity index (χ2v) is 6.72. The normalized spacial score (nSPS) is 26.7. The molecule has 1 aromatic rings. The lowest BCUT2D eigenvalue weighted by atomic mass is 9.69. The molecule has 1 fully saturated rings. The number of carbonyl (C=O) groups is 1. The van der Waals surface area contributed by atoms with E-state index in [1.54, 1.807) is 0 Å². The maximum atomic E-state index is 11.5. The molecule has 0 radical (unpaired) electrons. The highest BCUT2D eigenvalue weighted by atomic mass is 16.4. The molecule has 0 aromatic heterocycles. The maximum absolute atomic E-state index is 11.5. The Labute approximate surface area is 122 Å². The van der Waals surface area contributed by atoms with Gasteiger partial charge < -0.3 is 5.11 Å². The van der Waals surface area contributed by atoms with Crippen LogP contribution in [0.4, 0.5) is 0 Å². The molecule has 0 spiro atoms. The highest BCUT2D eigenvalue weighted by molar-refractivity contribution is 5.70. The van der Waals surface area contributed by atoms with Crippen molar-refractivity contribution in [3.63, 3.8) is 0 Å². The van der Waals surface area contributed by atoms with E-state index in [2.05, 4.69) is 45.0 Å². The molecular formula is C18H26O2. The molecule has 2 nitrogen and oxygen atoms in total. The minimum Gasteiger partial charge on any atom is -0.481 e. The first-order valence-electron chi connectivity index (χ1n) is 7.75. The minimum absolute atomic E-state index is 0.162. The van der Waals surface area contributed by atoms with Gasteiger partial charge >= 0.3 is 5.97 Å². The first-order valence-corrected chi connectivity index (χ1v) is 7.75. The Kier molecular flexibility index (Phi) is 4.85. The molecule has 2 heteroatoms. The van der Waals surface area contributed by atoms with Crippen LogP contribution in [0.3, 0.4) is 0 Å². The van der Waals surface area contributed by atoms with Crippen LogP contribution in [-0.4, -0.2) is 11.1 Å². The van der Waals surface area contributed by atoms with Crippen LogP contribution >= 0.6 is 0 Å². The van der Waals surface area contributed by atoms with E-state index < -0.39 is 5.97 Å². The largest absolute Gasteiger partial charge is 0.481 e. The van der Waals surface area contributed by atoms with E-state index in [1.165, 1.54) is 11.1 Å². The number of benzene rings is 1. The average Bonchev–Trinajstić information content (AvgIpc) is 2.38. The number of carboxylic acids is 1. The SMILES string of the molecule is Cc1cccc(CC2CC(C(C)C)CCC2C(=O)O)c1. The molecular weight excluding hydrogens is 248 g/mol. The standard InChI is InChI=1S/C18H26O2/c1-12(2)15-7-8-17(18(19)20)16(11-15)10-14-6-4-5-13(3)9-14/h4-6,9,12,15-17H,7-8,10-11H2,1-3H3,(H,19,20). The Balaban J connectivity index is 2.13. The predicted molar refractivity (Wildman–Crippen MR) is 81.7 cm³/mol. The highest BCUT2D eigenvalue weighted by Gasteiger charge is 2.35. The summed E-state index contributed by atoms with van der Waals surface area (Å²) in [4.78, 5) is 11.5. The number of rotatable bonds is 4. The molecule has 1 aliphatic carbocycles. The van der Waals surface area contributed by atoms with Crippen molar-refractivity contribution in [1.29, 1.82) is 0 Å². The van der Waals surface area contributed by atoms with Crippen LogP contribution in [-0.2, 0) is 11.2 Å². The van der Waals surface area contributed by atoms with Crippen molar-refractivity contribution in [1.82, 2.24) is 0 Å². The van der Waals surface area contributed by atoms with Crippen molar-refractivity contribution in [2.75, 3.05) is 0 Å². The molecule has 110 valence electrons. The van der Waals surface area contributed by atoms with E-state index >= 15 is 0 Å². The van der Waals surface area contributed by atoms with Crippen molar-refractivity contribution in [2.24, 2.45) is 23.7 Å². The molecule has 0 heterocycles. The molecule has 0 amide bonds. The Morgan fingerprint density at radius 3 is 2.70 bits per heavy atom. The fourth-order valence-corrected chi connectivity index (χ4v) is 3.60. The first-order chi connectivity index (χ1) is 9.47. The van der Waals surface area contributed by atoms with Gasteiger partial charge in [0.2, 0.25) is 0 Å². The molecule has 1 aliphatic rings. The van der Waals surface area contributed by atoms with Gasteiger partial charge in [0.1, 0.15) is 0 Å². The Morgan fingerprint density at radius 1 is 1.35 bits per heavy atom. The van der Waals surface area contributed by atoms with Crippen LogP contribution in [0.15, 0.2) is 24.3 Å². The molecule has 1 aromatic carbocycles.